The summed E-state index contributed by atoms with van der Waals surface area (Å²) in [6.45, 7) is 23.9. The first kappa shape index (κ1) is 32.7. The van der Waals surface area contributed by atoms with Crippen LogP contribution in [0.4, 0.5) is 0 Å². The highest BCUT2D eigenvalue weighted by atomic mass is 14.0. The third kappa shape index (κ3) is 68.6. The van der Waals surface area contributed by atoms with Crippen LogP contribution in [0.2, 0.25) is 5.31 Å². The summed E-state index contributed by atoms with van der Waals surface area (Å²) >= 11 is 0. The predicted octanol–water partition coefficient (Wildman–Crippen LogP) is 9.63. The molecule has 0 saturated carbocycles. The summed E-state index contributed by atoms with van der Waals surface area (Å²) in [5.74, 6) is 1.88. The molecule has 0 aromatic rings. The van der Waals surface area contributed by atoms with Crippen LogP contribution in [0.1, 0.15) is 140 Å². The van der Waals surface area contributed by atoms with Crippen molar-refractivity contribution in [1.29, 1.82) is 0 Å². The molecule has 2 radical (unpaired) electrons. The molecule has 0 unspecified atom stereocenters. The average molecular weight is 355 g/mol. The van der Waals surface area contributed by atoms with Crippen molar-refractivity contribution in [3.8, 4) is 0 Å². The Morgan fingerprint density at radius 3 is 1.04 bits per heavy atom. The fourth-order valence-electron chi connectivity index (χ4n) is 2.12. The Kier molecular flexibility index (Phi) is 34.4. The van der Waals surface area contributed by atoms with Crippen molar-refractivity contribution in [3.05, 3.63) is 0 Å². The lowest BCUT2D eigenvalue weighted by Gasteiger charge is -2.05. The van der Waals surface area contributed by atoms with Gasteiger partial charge >= 0.3 is 0 Å². The molecule has 0 atom stereocenters. The minimum absolute atomic E-state index is 0. The van der Waals surface area contributed by atoms with Crippen LogP contribution in [0.15, 0.2) is 0 Å². The Balaban J connectivity index is -0.000000119. The van der Waals surface area contributed by atoms with E-state index in [1.807, 2.05) is 20.8 Å². The number of unbranched alkanes of at least 4 members (excludes halogenated alkanes) is 4. The van der Waals surface area contributed by atoms with E-state index in [-0.39, 0.29) is 5.31 Å². The van der Waals surface area contributed by atoms with Gasteiger partial charge in [0.15, 0.2) is 0 Å². The van der Waals surface area contributed by atoms with Gasteiger partial charge in [-0.05, 0) is 11.8 Å². The van der Waals surface area contributed by atoms with Crippen LogP contribution in [0.3, 0.4) is 0 Å². The number of hydrogen-bond donors (Lipinski definition) is 0. The van der Waals surface area contributed by atoms with Gasteiger partial charge in [0.05, 0.1) is 7.85 Å². The predicted molar refractivity (Wildman–Crippen MR) is 124 cm³/mol. The lowest BCUT2D eigenvalue weighted by molar-refractivity contribution is 0.477. The molecule has 0 amide bonds. The molecule has 1 heteroatoms. The van der Waals surface area contributed by atoms with Crippen molar-refractivity contribution in [3.63, 3.8) is 0 Å². The zero-order valence-corrected chi connectivity index (χ0v) is 20.3. The van der Waals surface area contributed by atoms with Crippen LogP contribution in [0, 0.1) is 11.8 Å². The van der Waals surface area contributed by atoms with E-state index in [1.54, 1.807) is 0 Å². The summed E-state index contributed by atoms with van der Waals surface area (Å²) < 4.78 is 0. The molecule has 0 aliphatic rings. The van der Waals surface area contributed by atoms with Crippen LogP contribution >= 0.6 is 0 Å². The van der Waals surface area contributed by atoms with E-state index in [1.165, 1.54) is 64.2 Å². The van der Waals surface area contributed by atoms with Crippen molar-refractivity contribution < 1.29 is 0 Å². The van der Waals surface area contributed by atoms with E-state index in [2.05, 4.69) is 55.4 Å². The maximum atomic E-state index is 5.35. The van der Waals surface area contributed by atoms with Crippen molar-refractivity contribution in [1.82, 2.24) is 0 Å². The van der Waals surface area contributed by atoms with Crippen LogP contribution in [0.5, 0.6) is 0 Å². The summed E-state index contributed by atoms with van der Waals surface area (Å²) in [7, 11) is 5.35. The lowest BCUT2D eigenvalue weighted by atomic mass is 9.75. The highest BCUT2D eigenvalue weighted by molar-refractivity contribution is 6.14. The highest BCUT2D eigenvalue weighted by Crippen LogP contribution is 2.13. The molecule has 0 aliphatic heterocycles. The molecule has 0 aromatic heterocycles. The Bertz CT molecular complexity index is 171. The van der Waals surface area contributed by atoms with Crippen molar-refractivity contribution in [2.75, 3.05) is 0 Å². The molecule has 0 bridgehead atoms. The fraction of sp³-hybridized carbons (Fsp3) is 1.00. The van der Waals surface area contributed by atoms with Gasteiger partial charge in [-0.2, -0.15) is 0 Å². The van der Waals surface area contributed by atoms with Gasteiger partial charge in [0.25, 0.3) is 0 Å². The molecule has 0 saturated heterocycles. The molecular weight excluding hydrogens is 299 g/mol. The van der Waals surface area contributed by atoms with Crippen molar-refractivity contribution in [2.45, 2.75) is 146 Å². The molecular formula is C24H55B. The van der Waals surface area contributed by atoms with Gasteiger partial charge in [0.2, 0.25) is 0 Å². The third-order valence-corrected chi connectivity index (χ3v) is 3.81. The molecule has 25 heavy (non-hydrogen) atoms. The van der Waals surface area contributed by atoms with Gasteiger partial charge in [-0.1, -0.05) is 146 Å². The summed E-state index contributed by atoms with van der Waals surface area (Å²) in [6, 6.07) is 0. The lowest BCUT2D eigenvalue weighted by Crippen LogP contribution is -1.91. The van der Waals surface area contributed by atoms with E-state index in [4.69, 9.17) is 7.85 Å². The Hall–Kier alpha value is 0.0649. The normalized spacial score (nSPS) is 10.3. The molecule has 0 fully saturated rings. The first-order chi connectivity index (χ1) is 11.5. The third-order valence-electron chi connectivity index (χ3n) is 3.81. The highest BCUT2D eigenvalue weighted by Gasteiger charge is 1.96. The van der Waals surface area contributed by atoms with E-state index >= 15 is 0 Å². The minimum atomic E-state index is 0. The second-order valence-corrected chi connectivity index (χ2v) is 8.70. The number of hydrogen-bond acceptors (Lipinski definition) is 0. The first-order valence-corrected chi connectivity index (χ1v) is 11.3. The topological polar surface area (TPSA) is 0 Å². The second-order valence-electron chi connectivity index (χ2n) is 8.70. The Labute approximate surface area is 165 Å². The van der Waals surface area contributed by atoms with Gasteiger partial charge in [-0.25, -0.2) is 0 Å². The number of rotatable bonds is 9. The smallest absolute Gasteiger partial charge is 0.0735 e. The van der Waals surface area contributed by atoms with Crippen LogP contribution in [-0.2, 0) is 0 Å². The zero-order chi connectivity index (χ0) is 20.7. The summed E-state index contributed by atoms with van der Waals surface area (Å²) in [4.78, 5) is 0. The first-order valence-electron chi connectivity index (χ1n) is 11.3. The Morgan fingerprint density at radius 1 is 0.640 bits per heavy atom. The van der Waals surface area contributed by atoms with Gasteiger partial charge in [0, 0.05) is 0 Å². The standard InChI is InChI=1S/2C7H16.C6H14.C4H9B/c1-4-7(5-2)6-3;1-3-5-7-6-4-2;1-4-5-6(2)3;1-4(2,3)5/h7H,4-6H2,1-3H3;3-7H2,1-2H3;6H,4-5H2,1-3H3;1-3H3. The van der Waals surface area contributed by atoms with E-state index in [0.717, 1.165) is 11.8 Å². The van der Waals surface area contributed by atoms with Crippen LogP contribution < -0.4 is 0 Å². The molecule has 0 nitrogen and oxygen atoms in total. The maximum Gasteiger partial charge on any atom is 0.0735 e. The summed E-state index contributed by atoms with van der Waals surface area (Å²) in [5, 5.41) is 0. The van der Waals surface area contributed by atoms with Crippen LogP contribution in [-0.4, -0.2) is 7.85 Å². The van der Waals surface area contributed by atoms with Gasteiger partial charge in [-0.3, -0.25) is 0 Å². The summed E-state index contributed by atoms with van der Waals surface area (Å²) in [5.41, 5.74) is 0. The molecule has 0 heterocycles. The van der Waals surface area contributed by atoms with E-state index < -0.39 is 0 Å². The monoisotopic (exact) mass is 354 g/mol. The van der Waals surface area contributed by atoms with Gasteiger partial charge in [-0.15, -0.1) is 0 Å². The molecule has 0 N–H and O–H groups in total. The maximum absolute atomic E-state index is 5.35. The molecule has 0 spiro atoms. The van der Waals surface area contributed by atoms with E-state index in [9.17, 15) is 0 Å². The fourth-order valence-corrected chi connectivity index (χ4v) is 2.12. The molecule has 154 valence electrons. The largest absolute Gasteiger partial charge is 0.0744 e. The van der Waals surface area contributed by atoms with Crippen molar-refractivity contribution >= 4 is 7.85 Å². The minimum Gasteiger partial charge on any atom is -0.0744 e. The SMILES string of the molecule is CCC(CC)CC.CCCC(C)C.CCCCCCC.[B]C(C)(C)C. The van der Waals surface area contributed by atoms with Gasteiger partial charge in [0.1, 0.15) is 0 Å². The summed E-state index contributed by atoms with van der Waals surface area (Å²) in [6.07, 6.45) is 13.8. The average Bonchev–Trinajstić information content (AvgIpc) is 2.49. The second kappa shape index (κ2) is 26.3. The zero-order valence-electron chi connectivity index (χ0n) is 20.3. The van der Waals surface area contributed by atoms with Gasteiger partial charge < -0.3 is 0 Å². The van der Waals surface area contributed by atoms with E-state index in [0.29, 0.717) is 0 Å². The molecule has 0 aromatic carbocycles. The molecule has 0 aliphatic carbocycles. The van der Waals surface area contributed by atoms with Crippen LogP contribution in [0.25, 0.3) is 0 Å². The Morgan fingerprint density at radius 2 is 0.960 bits per heavy atom. The molecule has 0 rings (SSSR count). The quantitative estimate of drug-likeness (QED) is 0.285. The van der Waals surface area contributed by atoms with Crippen molar-refractivity contribution in [2.24, 2.45) is 11.8 Å².